The van der Waals surface area contributed by atoms with Crippen LogP contribution in [0.1, 0.15) is 71.6 Å². The molecule has 0 aromatic carbocycles. The molecule has 4 aliphatic carbocycles. The Morgan fingerprint density at radius 1 is 1.17 bits per heavy atom. The van der Waals surface area contributed by atoms with E-state index in [2.05, 4.69) is 24.3 Å². The first-order chi connectivity index (χ1) is 13.9. The zero-order valence-corrected chi connectivity index (χ0v) is 19.8. The summed E-state index contributed by atoms with van der Waals surface area (Å²) in [5, 5.41) is 17.9. The van der Waals surface area contributed by atoms with Crippen molar-refractivity contribution in [3.05, 3.63) is 0 Å². The number of aliphatic hydroxyl groups is 1. The van der Waals surface area contributed by atoms with Crippen molar-refractivity contribution in [1.29, 1.82) is 0 Å². The van der Waals surface area contributed by atoms with Gasteiger partial charge in [0.25, 0.3) is 0 Å². The van der Waals surface area contributed by atoms with Gasteiger partial charge in [-0.1, -0.05) is 19.0 Å². The summed E-state index contributed by atoms with van der Waals surface area (Å²) in [5.74, 6) is 3.15. The summed E-state index contributed by atoms with van der Waals surface area (Å²) in [5.41, 5.74) is 1.35. The van der Waals surface area contributed by atoms with Crippen molar-refractivity contribution in [3.8, 4) is 0 Å². The van der Waals surface area contributed by atoms with E-state index >= 15 is 0 Å². The first-order valence-electron chi connectivity index (χ1n) is 11.9. The highest BCUT2D eigenvalue weighted by Gasteiger charge is 2.61. The highest BCUT2D eigenvalue weighted by atomic mass is 35.5. The molecule has 0 heterocycles. The van der Waals surface area contributed by atoms with E-state index in [9.17, 15) is 9.90 Å². The van der Waals surface area contributed by atoms with E-state index in [0.717, 1.165) is 57.9 Å². The fraction of sp³-hybridized carbons (Fsp3) is 0.917. The Balaban J connectivity index is 0.00000256. The highest BCUT2D eigenvalue weighted by molar-refractivity contribution is 5.87. The van der Waals surface area contributed by atoms with E-state index in [1.807, 2.05) is 7.05 Å². The number of aliphatic hydroxyl groups excluding tert-OH is 1. The number of halogens is 1. The molecule has 1 unspecified atom stereocenters. The van der Waals surface area contributed by atoms with Gasteiger partial charge in [-0.3, -0.25) is 4.79 Å². The van der Waals surface area contributed by atoms with Crippen molar-refractivity contribution in [2.24, 2.45) is 45.6 Å². The van der Waals surface area contributed by atoms with Crippen LogP contribution < -0.4 is 5.32 Å². The third kappa shape index (κ3) is 3.95. The molecule has 6 heteroatoms. The second-order valence-corrected chi connectivity index (χ2v) is 10.7. The van der Waals surface area contributed by atoms with Gasteiger partial charge in [-0.25, -0.2) is 0 Å². The quantitative estimate of drug-likeness (QED) is 0.479. The van der Waals surface area contributed by atoms with Gasteiger partial charge in [-0.15, -0.1) is 12.4 Å². The minimum absolute atomic E-state index is 0. The lowest BCUT2D eigenvalue weighted by atomic mass is 9.43. The summed E-state index contributed by atoms with van der Waals surface area (Å²) in [7, 11) is 1.95. The average molecular weight is 441 g/mol. The monoisotopic (exact) mass is 440 g/mol. The van der Waals surface area contributed by atoms with Crippen molar-refractivity contribution >= 4 is 23.9 Å². The van der Waals surface area contributed by atoms with E-state index < -0.39 is 0 Å². The Hall–Kier alpha value is -0.650. The SMILES string of the molecule is CNCCCON=C1CC[C@@]2(C)C(C1)[C@@H](CO)C[C@@H]1[C@@H]2CC[C@]2(C)C(=O)CC[C@@H]12.Cl. The Labute approximate surface area is 188 Å². The molecule has 2 N–H and O–H groups in total. The van der Waals surface area contributed by atoms with Crippen molar-refractivity contribution < 1.29 is 14.7 Å². The fourth-order valence-corrected chi connectivity index (χ4v) is 7.81. The van der Waals surface area contributed by atoms with E-state index in [1.165, 1.54) is 12.1 Å². The van der Waals surface area contributed by atoms with Gasteiger partial charge in [0.15, 0.2) is 0 Å². The molecule has 30 heavy (non-hydrogen) atoms. The predicted molar refractivity (Wildman–Crippen MR) is 122 cm³/mol. The minimum atomic E-state index is -0.0904. The van der Waals surface area contributed by atoms with E-state index in [-0.39, 0.29) is 29.8 Å². The number of Topliss-reactive ketones (excluding diaryl/α,β-unsaturated/α-hetero) is 1. The lowest BCUT2D eigenvalue weighted by molar-refractivity contribution is -0.145. The van der Waals surface area contributed by atoms with Crippen LogP contribution in [-0.2, 0) is 9.63 Å². The van der Waals surface area contributed by atoms with Gasteiger partial charge in [-0.05, 0) is 100.0 Å². The maximum atomic E-state index is 12.6. The van der Waals surface area contributed by atoms with Crippen LogP contribution in [0.25, 0.3) is 0 Å². The van der Waals surface area contributed by atoms with Crippen LogP contribution in [0, 0.1) is 40.4 Å². The number of nitrogens with one attached hydrogen (secondary N) is 1. The predicted octanol–water partition coefficient (Wildman–Crippen LogP) is 4.22. The molecule has 5 nitrogen and oxygen atoms in total. The van der Waals surface area contributed by atoms with E-state index in [0.29, 0.717) is 42.0 Å². The molecule has 0 aliphatic heterocycles. The molecule has 0 amide bonds. The second kappa shape index (κ2) is 9.46. The Bertz CT molecular complexity index is 656. The minimum Gasteiger partial charge on any atom is -0.396 e. The standard InChI is InChI=1S/C24H40N2O3.ClH/c1-23-9-7-17(26-29-12-4-11-25-3)14-21(23)16(15-27)13-18-19-5-6-22(28)24(19,2)10-8-20(18)23;/h16,18-21,25,27H,4-15H2,1-3H3;1H/t16-,18+,19+,20+,21?,23-,24+;/m1./s1. The Kier molecular flexibility index (Phi) is 7.57. The summed E-state index contributed by atoms with van der Waals surface area (Å²) in [6, 6.07) is 0. The molecule has 4 fully saturated rings. The summed E-state index contributed by atoms with van der Waals surface area (Å²) >= 11 is 0. The number of hydrogen-bond acceptors (Lipinski definition) is 5. The van der Waals surface area contributed by atoms with Crippen LogP contribution in [0.3, 0.4) is 0 Å². The van der Waals surface area contributed by atoms with Crippen LogP contribution in [0.5, 0.6) is 0 Å². The largest absolute Gasteiger partial charge is 0.396 e. The van der Waals surface area contributed by atoms with Gasteiger partial charge in [-0.2, -0.15) is 0 Å². The van der Waals surface area contributed by atoms with Crippen LogP contribution in [0.4, 0.5) is 0 Å². The molecule has 0 aromatic heterocycles. The average Bonchev–Trinajstić information content (AvgIpc) is 3.02. The van der Waals surface area contributed by atoms with Gasteiger partial charge in [0, 0.05) is 18.4 Å². The summed E-state index contributed by atoms with van der Waals surface area (Å²) < 4.78 is 0. The third-order valence-corrected chi connectivity index (χ3v) is 9.48. The van der Waals surface area contributed by atoms with Crippen molar-refractivity contribution in [1.82, 2.24) is 5.32 Å². The number of hydrogen-bond donors (Lipinski definition) is 2. The third-order valence-electron chi connectivity index (χ3n) is 9.48. The molecule has 4 aliphatic rings. The van der Waals surface area contributed by atoms with Gasteiger partial charge < -0.3 is 15.3 Å². The maximum absolute atomic E-state index is 12.6. The zero-order valence-electron chi connectivity index (χ0n) is 19.0. The highest BCUT2D eigenvalue weighted by Crippen LogP contribution is 2.66. The van der Waals surface area contributed by atoms with Crippen LogP contribution in [0.15, 0.2) is 5.16 Å². The molecule has 7 atom stereocenters. The molecular formula is C24H41ClN2O3. The summed E-state index contributed by atoms with van der Waals surface area (Å²) in [4.78, 5) is 18.2. The van der Waals surface area contributed by atoms with Gasteiger partial charge in [0.05, 0.1) is 5.71 Å². The Morgan fingerprint density at radius 2 is 1.97 bits per heavy atom. The molecule has 0 radical (unpaired) electrons. The van der Waals surface area contributed by atoms with Crippen molar-refractivity contribution in [3.63, 3.8) is 0 Å². The zero-order chi connectivity index (χ0) is 20.6. The maximum Gasteiger partial charge on any atom is 0.139 e. The lowest BCUT2D eigenvalue weighted by Crippen LogP contribution is -2.56. The first-order valence-corrected chi connectivity index (χ1v) is 11.9. The molecule has 0 aromatic rings. The number of carbonyl (C=O) groups is 1. The number of carbonyl (C=O) groups excluding carboxylic acids is 1. The summed E-state index contributed by atoms with van der Waals surface area (Å²) in [6.07, 6.45) is 9.28. The molecular weight excluding hydrogens is 400 g/mol. The van der Waals surface area contributed by atoms with Gasteiger partial charge in [0.2, 0.25) is 0 Å². The number of nitrogens with zero attached hydrogens (tertiary/aromatic N) is 1. The molecule has 0 bridgehead atoms. The molecule has 4 rings (SSSR count). The number of oxime groups is 1. The molecule has 172 valence electrons. The first kappa shape index (κ1) is 24.0. The number of ketones is 1. The summed E-state index contributed by atoms with van der Waals surface area (Å²) in [6.45, 7) is 6.60. The second-order valence-electron chi connectivity index (χ2n) is 10.7. The van der Waals surface area contributed by atoms with E-state index in [1.54, 1.807) is 0 Å². The van der Waals surface area contributed by atoms with Crippen LogP contribution in [-0.4, -0.2) is 43.4 Å². The lowest BCUT2D eigenvalue weighted by Gasteiger charge is -2.61. The van der Waals surface area contributed by atoms with Gasteiger partial charge in [0.1, 0.15) is 12.4 Å². The fourth-order valence-electron chi connectivity index (χ4n) is 7.81. The molecule has 4 saturated carbocycles. The van der Waals surface area contributed by atoms with E-state index in [4.69, 9.17) is 4.84 Å². The topological polar surface area (TPSA) is 70.9 Å². The van der Waals surface area contributed by atoms with Crippen molar-refractivity contribution in [2.45, 2.75) is 71.6 Å². The van der Waals surface area contributed by atoms with Crippen LogP contribution >= 0.6 is 12.4 Å². The van der Waals surface area contributed by atoms with Crippen LogP contribution in [0.2, 0.25) is 0 Å². The number of rotatable bonds is 6. The molecule has 0 spiro atoms. The number of fused-ring (bicyclic) bond motifs is 5. The van der Waals surface area contributed by atoms with Gasteiger partial charge >= 0.3 is 0 Å². The smallest absolute Gasteiger partial charge is 0.139 e. The van der Waals surface area contributed by atoms with Crippen molar-refractivity contribution in [2.75, 3.05) is 26.8 Å². The normalized spacial score (nSPS) is 44.1. The Morgan fingerprint density at radius 3 is 2.70 bits per heavy atom. The molecule has 0 saturated heterocycles.